The molecule has 0 atom stereocenters. The Bertz CT molecular complexity index is 144. The first-order valence-electron chi connectivity index (χ1n) is 2.58. The number of rotatable bonds is 2. The number of aliphatic carboxylic acids is 1. The van der Waals surface area contributed by atoms with Crippen molar-refractivity contribution in [1.29, 1.82) is 0 Å². The van der Waals surface area contributed by atoms with Crippen LogP contribution >= 0.6 is 0 Å². The Morgan fingerprint density at radius 3 is 1.78 bits per heavy atom. The summed E-state index contributed by atoms with van der Waals surface area (Å²) in [5.41, 5.74) is 0.0787. The monoisotopic (exact) mass is 129 g/mol. The zero-order valence-electron chi connectivity index (χ0n) is 5.97. The average Bonchev–Trinajstić information content (AvgIpc) is 1.62. The molecule has 0 fully saturated rings. The van der Waals surface area contributed by atoms with Gasteiger partial charge in [-0.3, -0.25) is 4.48 Å². The van der Waals surface area contributed by atoms with Crippen LogP contribution in [0.4, 0.5) is 0 Å². The summed E-state index contributed by atoms with van der Waals surface area (Å²) in [6, 6.07) is 0. The second kappa shape index (κ2) is 2.19. The number of nitrogens with zero attached hydrogens (tertiary/aromatic N) is 1. The van der Waals surface area contributed by atoms with Gasteiger partial charge in [-0.1, -0.05) is 0 Å². The van der Waals surface area contributed by atoms with Gasteiger partial charge in [0.15, 0.2) is 0 Å². The average molecular weight is 129 g/mol. The Hall–Kier alpha value is -0.830. The Morgan fingerprint density at radius 2 is 1.78 bits per heavy atom. The molecule has 0 aliphatic heterocycles. The van der Waals surface area contributed by atoms with Crippen molar-refractivity contribution in [2.45, 2.75) is 0 Å². The van der Waals surface area contributed by atoms with E-state index in [9.17, 15) is 9.90 Å². The number of carbonyl (C=O) groups excluding carboxylic acids is 1. The fourth-order valence-corrected chi connectivity index (χ4v) is 0.274. The maximum atomic E-state index is 10.1. The van der Waals surface area contributed by atoms with E-state index in [1.807, 2.05) is 0 Å². The van der Waals surface area contributed by atoms with Crippen molar-refractivity contribution >= 4 is 5.97 Å². The van der Waals surface area contributed by atoms with Crippen molar-refractivity contribution < 1.29 is 14.4 Å². The highest BCUT2D eigenvalue weighted by atomic mass is 16.4. The van der Waals surface area contributed by atoms with Crippen LogP contribution in [0.3, 0.4) is 0 Å². The first-order chi connectivity index (χ1) is 3.85. The highest BCUT2D eigenvalue weighted by molar-refractivity contribution is 5.81. The third-order valence-corrected chi connectivity index (χ3v) is 1.05. The van der Waals surface area contributed by atoms with Crippen LogP contribution in [0.2, 0.25) is 0 Å². The van der Waals surface area contributed by atoms with E-state index in [1.165, 1.54) is 0 Å². The summed E-state index contributed by atoms with van der Waals surface area (Å²) in [6.07, 6.45) is 0. The second-order valence-electron chi connectivity index (χ2n) is 2.75. The summed E-state index contributed by atoms with van der Waals surface area (Å²) in [5, 5.41) is 10.1. The normalized spacial score (nSPS) is 11.0. The molecule has 0 aliphatic rings. The van der Waals surface area contributed by atoms with Gasteiger partial charge in [0.2, 0.25) is 0 Å². The molecule has 0 saturated heterocycles. The molecule has 0 N–H and O–H groups in total. The highest BCUT2D eigenvalue weighted by Gasteiger charge is 2.13. The van der Waals surface area contributed by atoms with Gasteiger partial charge in [-0.05, 0) is 6.58 Å². The molecule has 0 aromatic rings. The number of likely N-dealkylation sites (N-methyl/N-ethyl adjacent to an activating group) is 1. The highest BCUT2D eigenvalue weighted by Crippen LogP contribution is 2.01. The molecule has 0 spiro atoms. The van der Waals surface area contributed by atoms with Gasteiger partial charge in [-0.15, -0.1) is 0 Å². The molecule has 0 aromatic carbocycles. The molecule has 3 heteroatoms. The van der Waals surface area contributed by atoms with E-state index in [4.69, 9.17) is 0 Å². The van der Waals surface area contributed by atoms with Crippen molar-refractivity contribution in [3.63, 3.8) is 0 Å². The molecule has 52 valence electrons. The number of quaternary nitrogens is 1. The maximum Gasteiger partial charge on any atom is 0.148 e. The predicted octanol–water partition coefficient (Wildman–Crippen LogP) is -1.04. The van der Waals surface area contributed by atoms with Crippen molar-refractivity contribution in [2.75, 3.05) is 21.1 Å². The molecule has 0 bridgehead atoms. The lowest BCUT2D eigenvalue weighted by atomic mass is 10.4. The van der Waals surface area contributed by atoms with Crippen molar-refractivity contribution in [2.24, 2.45) is 0 Å². The van der Waals surface area contributed by atoms with Gasteiger partial charge >= 0.3 is 0 Å². The van der Waals surface area contributed by atoms with E-state index in [1.54, 1.807) is 21.1 Å². The van der Waals surface area contributed by atoms with Gasteiger partial charge in [-0.25, -0.2) is 0 Å². The molecule has 0 radical (unpaired) electrons. The lowest BCUT2D eigenvalue weighted by molar-refractivity contribution is -0.828. The van der Waals surface area contributed by atoms with Gasteiger partial charge in [-0.2, -0.15) is 0 Å². The van der Waals surface area contributed by atoms with Gasteiger partial charge in [0.05, 0.1) is 21.1 Å². The fourth-order valence-electron chi connectivity index (χ4n) is 0.274. The minimum absolute atomic E-state index is 0.0787. The van der Waals surface area contributed by atoms with Crippen LogP contribution < -0.4 is 5.11 Å². The van der Waals surface area contributed by atoms with E-state index in [0.717, 1.165) is 0 Å². The largest absolute Gasteiger partial charge is 0.540 e. The molecule has 0 amide bonds. The number of carbonyl (C=O) groups is 1. The smallest absolute Gasteiger partial charge is 0.148 e. The van der Waals surface area contributed by atoms with Crippen LogP contribution in [0.15, 0.2) is 12.3 Å². The number of hydrogen-bond acceptors (Lipinski definition) is 2. The van der Waals surface area contributed by atoms with Crippen molar-refractivity contribution in [3.05, 3.63) is 12.3 Å². The van der Waals surface area contributed by atoms with Gasteiger partial charge in [0.1, 0.15) is 11.7 Å². The third-order valence-electron chi connectivity index (χ3n) is 1.05. The molecule has 0 heterocycles. The summed E-state index contributed by atoms with van der Waals surface area (Å²) in [6.45, 7) is 3.34. The molecule has 9 heavy (non-hydrogen) atoms. The molecule has 0 aromatic heterocycles. The maximum absolute atomic E-state index is 10.1. The SMILES string of the molecule is C=C(C(=O)[O-])[N+](C)(C)C. The first-order valence-corrected chi connectivity index (χ1v) is 2.58. The lowest BCUT2D eigenvalue weighted by Gasteiger charge is -2.25. The Labute approximate surface area is 54.8 Å². The Kier molecular flexibility index (Phi) is 1.99. The molecular weight excluding hydrogens is 118 g/mol. The lowest BCUT2D eigenvalue weighted by Crippen LogP contribution is -2.42. The van der Waals surface area contributed by atoms with E-state index >= 15 is 0 Å². The van der Waals surface area contributed by atoms with E-state index in [0.29, 0.717) is 0 Å². The van der Waals surface area contributed by atoms with Gasteiger partial charge in [0, 0.05) is 0 Å². The first kappa shape index (κ1) is 8.17. The van der Waals surface area contributed by atoms with Gasteiger partial charge < -0.3 is 9.90 Å². The van der Waals surface area contributed by atoms with Crippen molar-refractivity contribution in [1.82, 2.24) is 0 Å². The minimum atomic E-state index is -1.19. The number of hydrogen-bond donors (Lipinski definition) is 0. The molecule has 0 rings (SSSR count). The summed E-state index contributed by atoms with van der Waals surface area (Å²) >= 11 is 0. The zero-order valence-corrected chi connectivity index (χ0v) is 5.97. The quantitative estimate of drug-likeness (QED) is 0.353. The molecule has 0 aliphatic carbocycles. The van der Waals surface area contributed by atoms with Crippen LogP contribution in [-0.2, 0) is 4.79 Å². The summed E-state index contributed by atoms with van der Waals surface area (Å²) in [4.78, 5) is 10.1. The topological polar surface area (TPSA) is 40.1 Å². The van der Waals surface area contributed by atoms with Crippen molar-refractivity contribution in [3.8, 4) is 0 Å². The van der Waals surface area contributed by atoms with Crippen LogP contribution in [0.5, 0.6) is 0 Å². The number of carboxylic acids is 1. The zero-order chi connectivity index (χ0) is 7.65. The fraction of sp³-hybridized carbons (Fsp3) is 0.500. The molecule has 0 unspecified atom stereocenters. The summed E-state index contributed by atoms with van der Waals surface area (Å²) in [5.74, 6) is -1.19. The van der Waals surface area contributed by atoms with Crippen LogP contribution in [0, 0.1) is 0 Å². The van der Waals surface area contributed by atoms with E-state index in [-0.39, 0.29) is 10.2 Å². The second-order valence-corrected chi connectivity index (χ2v) is 2.75. The van der Waals surface area contributed by atoms with E-state index in [2.05, 4.69) is 6.58 Å². The van der Waals surface area contributed by atoms with Crippen LogP contribution in [0.25, 0.3) is 0 Å². The predicted molar refractivity (Wildman–Crippen MR) is 32.2 cm³/mol. The molecular formula is C6H11NO2. The molecule has 3 nitrogen and oxygen atoms in total. The Balaban J connectivity index is 4.23. The summed E-state index contributed by atoms with van der Waals surface area (Å²) in [7, 11) is 5.16. The molecule has 0 saturated carbocycles. The van der Waals surface area contributed by atoms with Gasteiger partial charge in [0.25, 0.3) is 0 Å². The Morgan fingerprint density at radius 1 is 1.44 bits per heavy atom. The number of carboxylic acid groups (broad SMARTS) is 1. The standard InChI is InChI=1S/C6H11NO2/c1-5(6(8)9)7(2,3)4/h1H2,2-4H3. The third kappa shape index (κ3) is 2.28. The van der Waals surface area contributed by atoms with Crippen LogP contribution in [0.1, 0.15) is 0 Å². The minimum Gasteiger partial charge on any atom is -0.540 e. The summed E-state index contributed by atoms with van der Waals surface area (Å²) < 4.78 is 0.211. The van der Waals surface area contributed by atoms with Crippen LogP contribution in [-0.4, -0.2) is 31.6 Å². The van der Waals surface area contributed by atoms with E-state index < -0.39 is 5.97 Å².